The van der Waals surface area contributed by atoms with Crippen molar-refractivity contribution in [2.45, 2.75) is 38.9 Å². The van der Waals surface area contributed by atoms with Crippen molar-refractivity contribution in [3.8, 4) is 0 Å². The molecule has 0 N–H and O–H groups in total. The molecule has 5 heteroatoms. The van der Waals surface area contributed by atoms with Crippen LogP contribution in [0.15, 0.2) is 18.5 Å². The van der Waals surface area contributed by atoms with Gasteiger partial charge in [-0.25, -0.2) is 0 Å². The number of nitrogens with zero attached hydrogens (tertiary/aromatic N) is 2. The molecular formula is C16H24N2O3. The van der Waals surface area contributed by atoms with E-state index in [0.29, 0.717) is 19.7 Å². The van der Waals surface area contributed by atoms with Gasteiger partial charge in [-0.15, -0.1) is 0 Å². The highest BCUT2D eigenvalue weighted by molar-refractivity contribution is 5.95. The zero-order chi connectivity index (χ0) is 15.5. The van der Waals surface area contributed by atoms with Crippen molar-refractivity contribution in [2.24, 2.45) is 0 Å². The predicted molar refractivity (Wildman–Crippen MR) is 80.3 cm³/mol. The Morgan fingerprint density at radius 2 is 2.33 bits per heavy atom. The van der Waals surface area contributed by atoms with Crippen LogP contribution in [0.4, 0.5) is 0 Å². The van der Waals surface area contributed by atoms with Gasteiger partial charge in [-0.2, -0.15) is 0 Å². The molecule has 1 saturated heterocycles. The number of methoxy groups -OCH3 is 1. The maximum atomic E-state index is 12.8. The third-order valence-corrected chi connectivity index (χ3v) is 3.64. The van der Waals surface area contributed by atoms with Crippen LogP contribution in [0.3, 0.4) is 0 Å². The topological polar surface area (TPSA) is 51.7 Å². The van der Waals surface area contributed by atoms with Crippen LogP contribution in [-0.2, 0) is 15.9 Å². The molecule has 5 nitrogen and oxygen atoms in total. The summed E-state index contributed by atoms with van der Waals surface area (Å²) in [4.78, 5) is 18.8. The molecule has 0 saturated carbocycles. The zero-order valence-electron chi connectivity index (χ0n) is 13.3. The highest BCUT2D eigenvalue weighted by atomic mass is 16.5. The Morgan fingerprint density at radius 3 is 3.00 bits per heavy atom. The highest BCUT2D eigenvalue weighted by Crippen LogP contribution is 2.23. The van der Waals surface area contributed by atoms with Crippen molar-refractivity contribution >= 4 is 5.91 Å². The minimum Gasteiger partial charge on any atom is -0.382 e. The number of ether oxygens (including phenoxy) is 2. The zero-order valence-corrected chi connectivity index (χ0v) is 13.3. The van der Waals surface area contributed by atoms with E-state index in [4.69, 9.17) is 9.47 Å². The fraction of sp³-hybridized carbons (Fsp3) is 0.625. The van der Waals surface area contributed by atoms with E-state index >= 15 is 0 Å². The van der Waals surface area contributed by atoms with E-state index in [1.165, 1.54) is 0 Å². The van der Waals surface area contributed by atoms with Gasteiger partial charge >= 0.3 is 0 Å². The molecule has 1 atom stereocenters. The van der Waals surface area contributed by atoms with E-state index < -0.39 is 0 Å². The van der Waals surface area contributed by atoms with Crippen LogP contribution in [0.25, 0.3) is 0 Å². The van der Waals surface area contributed by atoms with Gasteiger partial charge in [0.2, 0.25) is 0 Å². The number of amides is 1. The number of rotatable bonds is 4. The van der Waals surface area contributed by atoms with E-state index in [0.717, 1.165) is 17.5 Å². The van der Waals surface area contributed by atoms with Crippen molar-refractivity contribution in [1.29, 1.82) is 0 Å². The average Bonchev–Trinajstić information content (AvgIpc) is 2.45. The monoisotopic (exact) mass is 292 g/mol. The number of hydrogen-bond acceptors (Lipinski definition) is 4. The Balaban J connectivity index is 2.21. The van der Waals surface area contributed by atoms with Crippen LogP contribution >= 0.6 is 0 Å². The van der Waals surface area contributed by atoms with Crippen molar-refractivity contribution < 1.29 is 14.3 Å². The summed E-state index contributed by atoms with van der Waals surface area (Å²) in [6.07, 6.45) is 4.15. The van der Waals surface area contributed by atoms with Gasteiger partial charge in [0.05, 0.1) is 18.3 Å². The lowest BCUT2D eigenvalue weighted by Crippen LogP contribution is -2.55. The summed E-state index contributed by atoms with van der Waals surface area (Å²) in [6, 6.07) is 1.80. The molecule has 2 heterocycles. The first-order valence-corrected chi connectivity index (χ1v) is 7.35. The molecule has 1 fully saturated rings. The molecule has 21 heavy (non-hydrogen) atoms. The van der Waals surface area contributed by atoms with Gasteiger partial charge in [-0.3, -0.25) is 9.78 Å². The molecule has 0 aliphatic carbocycles. The van der Waals surface area contributed by atoms with Gasteiger partial charge in [0.25, 0.3) is 5.91 Å². The molecule has 0 bridgehead atoms. The Morgan fingerprint density at radius 1 is 1.57 bits per heavy atom. The Bertz CT molecular complexity index is 502. The molecular weight excluding hydrogens is 268 g/mol. The van der Waals surface area contributed by atoms with E-state index in [1.54, 1.807) is 25.6 Å². The molecule has 1 aliphatic heterocycles. The summed E-state index contributed by atoms with van der Waals surface area (Å²) in [5, 5.41) is 0. The minimum absolute atomic E-state index is 0.0479. The van der Waals surface area contributed by atoms with Gasteiger partial charge in [0.15, 0.2) is 0 Å². The smallest absolute Gasteiger partial charge is 0.254 e. The SMILES string of the molecule is CCc1cnccc1C(=O)N1CC(COC)OC(C)(C)C1. The largest absolute Gasteiger partial charge is 0.382 e. The Hall–Kier alpha value is -1.46. The predicted octanol–water partition coefficient (Wildman–Crippen LogP) is 1.91. The number of pyridine rings is 1. The summed E-state index contributed by atoms with van der Waals surface area (Å²) in [5.74, 6) is 0.0479. The Kier molecular flexibility index (Phi) is 4.96. The standard InChI is InChI=1S/C16H24N2O3/c1-5-12-8-17-7-6-14(12)15(19)18-9-13(10-20-4)21-16(2,3)11-18/h6-8,13H,5,9-11H2,1-4H3. The second-order valence-electron chi connectivity index (χ2n) is 6.03. The molecule has 0 aromatic carbocycles. The molecule has 1 aromatic rings. The van der Waals surface area contributed by atoms with Crippen LogP contribution in [0, 0.1) is 0 Å². The third-order valence-electron chi connectivity index (χ3n) is 3.64. The van der Waals surface area contributed by atoms with Crippen molar-refractivity contribution in [2.75, 3.05) is 26.8 Å². The van der Waals surface area contributed by atoms with Gasteiger partial charge in [0, 0.05) is 38.2 Å². The first kappa shape index (κ1) is 15.9. The van der Waals surface area contributed by atoms with Crippen LogP contribution in [0.1, 0.15) is 36.7 Å². The average molecular weight is 292 g/mol. The number of carbonyl (C=O) groups is 1. The summed E-state index contributed by atoms with van der Waals surface area (Å²) in [6.45, 7) is 7.67. The Labute approximate surface area is 126 Å². The molecule has 0 radical (unpaired) electrons. The van der Waals surface area contributed by atoms with Crippen LogP contribution in [0.5, 0.6) is 0 Å². The van der Waals surface area contributed by atoms with Gasteiger partial charge < -0.3 is 14.4 Å². The summed E-state index contributed by atoms with van der Waals surface area (Å²) in [5.41, 5.74) is 1.35. The number of morpholine rings is 1. The summed E-state index contributed by atoms with van der Waals surface area (Å²) < 4.78 is 11.1. The van der Waals surface area contributed by atoms with E-state index in [2.05, 4.69) is 4.98 Å². The normalized spacial score (nSPS) is 21.3. The number of hydrogen-bond donors (Lipinski definition) is 0. The first-order valence-electron chi connectivity index (χ1n) is 7.35. The maximum absolute atomic E-state index is 12.8. The second kappa shape index (κ2) is 6.54. The second-order valence-corrected chi connectivity index (χ2v) is 6.03. The minimum atomic E-state index is -0.365. The lowest BCUT2D eigenvalue weighted by molar-refractivity contribution is -0.143. The van der Waals surface area contributed by atoms with Crippen LogP contribution < -0.4 is 0 Å². The van der Waals surface area contributed by atoms with E-state index in [1.807, 2.05) is 25.7 Å². The van der Waals surface area contributed by atoms with E-state index in [-0.39, 0.29) is 17.6 Å². The van der Waals surface area contributed by atoms with Crippen molar-refractivity contribution in [1.82, 2.24) is 9.88 Å². The quantitative estimate of drug-likeness (QED) is 0.850. The van der Waals surface area contributed by atoms with E-state index in [9.17, 15) is 4.79 Å². The lowest BCUT2D eigenvalue weighted by Gasteiger charge is -2.42. The fourth-order valence-corrected chi connectivity index (χ4v) is 2.81. The van der Waals surface area contributed by atoms with Gasteiger partial charge in [-0.05, 0) is 31.9 Å². The fourth-order valence-electron chi connectivity index (χ4n) is 2.81. The molecule has 116 valence electrons. The lowest BCUT2D eigenvalue weighted by atomic mass is 10.0. The summed E-state index contributed by atoms with van der Waals surface area (Å²) >= 11 is 0. The van der Waals surface area contributed by atoms with Crippen molar-refractivity contribution in [3.63, 3.8) is 0 Å². The first-order chi connectivity index (χ1) is 9.96. The summed E-state index contributed by atoms with van der Waals surface area (Å²) in [7, 11) is 1.65. The third kappa shape index (κ3) is 3.80. The molecule has 1 amide bonds. The highest BCUT2D eigenvalue weighted by Gasteiger charge is 2.36. The molecule has 1 aliphatic rings. The van der Waals surface area contributed by atoms with Crippen LogP contribution in [0.2, 0.25) is 0 Å². The number of aromatic nitrogens is 1. The van der Waals surface area contributed by atoms with Crippen molar-refractivity contribution in [3.05, 3.63) is 29.6 Å². The molecule has 1 aromatic heterocycles. The molecule has 2 rings (SSSR count). The maximum Gasteiger partial charge on any atom is 0.254 e. The number of aryl methyl sites for hydroxylation is 1. The van der Waals surface area contributed by atoms with Crippen LogP contribution in [-0.4, -0.2) is 54.3 Å². The molecule has 0 spiro atoms. The van der Waals surface area contributed by atoms with Gasteiger partial charge in [-0.1, -0.05) is 6.92 Å². The van der Waals surface area contributed by atoms with Gasteiger partial charge in [0.1, 0.15) is 0 Å². The number of carbonyl (C=O) groups excluding carboxylic acids is 1. The molecule has 1 unspecified atom stereocenters.